The summed E-state index contributed by atoms with van der Waals surface area (Å²) < 4.78 is 41.6. The van der Waals surface area contributed by atoms with Crippen LogP contribution in [0.1, 0.15) is 44.3 Å². The maximum atomic E-state index is 15.0. The molecule has 6 heterocycles. The Bertz CT molecular complexity index is 1910. The molecule has 4 N–H and O–H groups in total. The molecule has 2 amide bonds. The summed E-state index contributed by atoms with van der Waals surface area (Å²) in [4.78, 5) is 58.9. The molecule has 0 aliphatic carbocycles. The molecule has 5 saturated heterocycles. The fourth-order valence-corrected chi connectivity index (χ4v) is 8.98. The number of imide groups is 1. The van der Waals surface area contributed by atoms with Crippen LogP contribution in [-0.2, 0) is 24.9 Å². The average molecular weight is 784 g/mol. The molecule has 0 radical (unpaired) electrons. The Labute approximate surface area is 321 Å². The normalized spacial score (nSPS) is 22.0. The lowest BCUT2D eigenvalue weighted by Gasteiger charge is -2.55. The first-order chi connectivity index (χ1) is 26.7. The number of hydrogen-bond acceptors (Lipinski definition) is 12. The van der Waals surface area contributed by atoms with E-state index >= 15 is 8.78 Å². The maximum absolute atomic E-state index is 15.0. The van der Waals surface area contributed by atoms with Crippen LogP contribution < -0.4 is 25.8 Å². The third-order valence-electron chi connectivity index (χ3n) is 11.2. The molecule has 5 fully saturated rings. The van der Waals surface area contributed by atoms with Gasteiger partial charge in [0, 0.05) is 81.0 Å². The standard InChI is InChI=1S/C37H45F2N7O5S.CH2O2/c38-28-13-23(40-30-2-4-34(47)43-36(30)48)1-3-32(28)46-18-25(19-46)45-16-24(17-45)44-9-5-22(6-10-44)20-51-26-14-29(39)35-31(15-26)41-33(42-37(35)49)21-52-27-7-11-50-12-8-27;2-1-3/h1,3,13-15,22,24-25,27,30,40H,2,4-12,16-21H2,(H,41,42,49)(H,43,47,48);1H,(H,2,3). The summed E-state index contributed by atoms with van der Waals surface area (Å²) in [5.41, 5.74) is 0.946. The molecule has 0 saturated carbocycles. The fourth-order valence-electron chi connectivity index (χ4n) is 7.92. The van der Waals surface area contributed by atoms with Crippen LogP contribution in [0, 0.1) is 17.6 Å². The first-order valence-corrected chi connectivity index (χ1v) is 20.0. The monoisotopic (exact) mass is 783 g/mol. The smallest absolute Gasteiger partial charge is 0.290 e. The Kier molecular flexibility index (Phi) is 12.5. The number of carbonyl (C=O) groups is 3. The van der Waals surface area contributed by atoms with Gasteiger partial charge in [-0.1, -0.05) is 0 Å². The number of H-pyrrole nitrogens is 1. The van der Waals surface area contributed by atoms with Crippen LogP contribution >= 0.6 is 11.8 Å². The number of aromatic nitrogens is 2. The van der Waals surface area contributed by atoms with Crippen molar-refractivity contribution >= 4 is 52.3 Å². The number of ether oxygens (including phenoxy) is 2. The number of aromatic amines is 1. The van der Waals surface area contributed by atoms with Gasteiger partial charge in [-0.3, -0.25) is 34.3 Å². The van der Waals surface area contributed by atoms with E-state index in [0.29, 0.717) is 70.5 Å². The number of benzene rings is 2. The number of nitrogens with zero attached hydrogens (tertiary/aromatic N) is 4. The minimum absolute atomic E-state index is 0.0352. The highest BCUT2D eigenvalue weighted by atomic mass is 32.2. The number of anilines is 2. The van der Waals surface area contributed by atoms with Gasteiger partial charge in [-0.15, -0.1) is 0 Å². The van der Waals surface area contributed by atoms with E-state index < -0.39 is 17.4 Å². The summed E-state index contributed by atoms with van der Waals surface area (Å²) in [6.45, 7) is 7.30. The molecule has 3 aromatic rings. The van der Waals surface area contributed by atoms with Crippen LogP contribution in [0.5, 0.6) is 5.75 Å². The van der Waals surface area contributed by atoms with Crippen molar-refractivity contribution < 1.29 is 37.7 Å². The summed E-state index contributed by atoms with van der Waals surface area (Å²) in [7, 11) is 0. The molecule has 14 nitrogen and oxygen atoms in total. The average Bonchev–Trinajstić information content (AvgIpc) is 3.13. The number of likely N-dealkylation sites (tertiary alicyclic amines) is 2. The Morgan fingerprint density at radius 3 is 2.40 bits per heavy atom. The quantitative estimate of drug-likeness (QED) is 0.166. The number of hydrogen-bond donors (Lipinski definition) is 4. The van der Waals surface area contributed by atoms with E-state index in [1.807, 2.05) is 0 Å². The second-order valence-electron chi connectivity index (χ2n) is 14.8. The molecule has 1 unspecified atom stereocenters. The van der Waals surface area contributed by atoms with Crippen LogP contribution in [0.4, 0.5) is 20.2 Å². The summed E-state index contributed by atoms with van der Waals surface area (Å²) in [6.07, 6.45) is 4.61. The molecule has 1 aromatic heterocycles. The summed E-state index contributed by atoms with van der Waals surface area (Å²) >= 11 is 1.75. The Hall–Kier alpha value is -4.32. The Morgan fingerprint density at radius 1 is 0.964 bits per heavy atom. The van der Waals surface area contributed by atoms with Gasteiger partial charge in [0.2, 0.25) is 11.8 Å². The minimum Gasteiger partial charge on any atom is -0.493 e. The van der Waals surface area contributed by atoms with Crippen molar-refractivity contribution in [3.63, 3.8) is 0 Å². The molecule has 5 aliphatic rings. The topological polar surface area (TPSA) is 169 Å². The van der Waals surface area contributed by atoms with Crippen molar-refractivity contribution in [1.29, 1.82) is 0 Å². The fraction of sp³-hybridized carbons (Fsp3) is 0.553. The lowest BCUT2D eigenvalue weighted by Crippen LogP contribution is -2.70. The van der Waals surface area contributed by atoms with E-state index in [9.17, 15) is 14.4 Å². The zero-order chi connectivity index (χ0) is 38.5. The van der Waals surface area contributed by atoms with Crippen LogP contribution in [0.2, 0.25) is 0 Å². The summed E-state index contributed by atoms with van der Waals surface area (Å²) in [5.74, 6) is 0.265. The van der Waals surface area contributed by atoms with E-state index in [0.717, 1.165) is 78.2 Å². The van der Waals surface area contributed by atoms with Gasteiger partial charge >= 0.3 is 0 Å². The highest BCUT2D eigenvalue weighted by molar-refractivity contribution is 7.99. The molecule has 55 heavy (non-hydrogen) atoms. The molecule has 0 spiro atoms. The number of nitrogens with one attached hydrogen (secondary N) is 3. The zero-order valence-corrected chi connectivity index (χ0v) is 31.3. The van der Waals surface area contributed by atoms with Gasteiger partial charge in [0.25, 0.3) is 12.0 Å². The Balaban J connectivity index is 0.00000150. The zero-order valence-electron chi connectivity index (χ0n) is 30.5. The van der Waals surface area contributed by atoms with Crippen molar-refractivity contribution in [1.82, 2.24) is 25.1 Å². The molecule has 5 aliphatic heterocycles. The molecule has 296 valence electrons. The van der Waals surface area contributed by atoms with E-state index in [-0.39, 0.29) is 35.9 Å². The van der Waals surface area contributed by atoms with Gasteiger partial charge in [0.05, 0.1) is 23.6 Å². The van der Waals surface area contributed by atoms with E-state index in [1.54, 1.807) is 30.0 Å². The number of piperidine rings is 2. The van der Waals surface area contributed by atoms with Gasteiger partial charge in [-0.05, 0) is 69.3 Å². The Morgan fingerprint density at radius 2 is 1.69 bits per heavy atom. The number of amides is 2. The first-order valence-electron chi connectivity index (χ1n) is 18.9. The molecule has 0 bridgehead atoms. The van der Waals surface area contributed by atoms with Crippen molar-refractivity contribution in [2.75, 3.05) is 69.3 Å². The van der Waals surface area contributed by atoms with E-state index in [1.165, 1.54) is 12.1 Å². The molecule has 8 rings (SSSR count). The highest BCUT2D eigenvalue weighted by Gasteiger charge is 2.42. The molecule has 1 atom stereocenters. The predicted molar refractivity (Wildman–Crippen MR) is 203 cm³/mol. The second kappa shape index (κ2) is 17.6. The molecule has 2 aromatic carbocycles. The maximum Gasteiger partial charge on any atom is 0.290 e. The number of thioether (sulfide) groups is 1. The summed E-state index contributed by atoms with van der Waals surface area (Å²) in [6, 6.07) is 8.31. The third-order valence-corrected chi connectivity index (χ3v) is 12.6. The van der Waals surface area contributed by atoms with Crippen molar-refractivity contribution in [2.24, 2.45) is 5.92 Å². The van der Waals surface area contributed by atoms with E-state index in [4.69, 9.17) is 19.4 Å². The number of carbonyl (C=O) groups excluding carboxylic acids is 2. The van der Waals surface area contributed by atoms with Gasteiger partial charge in [0.1, 0.15) is 34.6 Å². The van der Waals surface area contributed by atoms with Crippen LogP contribution in [-0.4, -0.2) is 126 Å². The van der Waals surface area contributed by atoms with Gasteiger partial charge < -0.3 is 29.8 Å². The largest absolute Gasteiger partial charge is 0.493 e. The number of halogens is 2. The van der Waals surface area contributed by atoms with Crippen molar-refractivity contribution in [3.05, 3.63) is 58.1 Å². The SMILES string of the molecule is O=C1CCC(Nc2ccc(N3CC(N4CC(N5CCC(COc6cc(F)c7c(=O)[nH]c(CSC8CCOCC8)nc7c6)CC5)C4)C3)c(F)c2)C(=O)N1.O=CO. The molecular weight excluding hydrogens is 737 g/mol. The lowest BCUT2D eigenvalue weighted by molar-refractivity contribution is -0.133. The highest BCUT2D eigenvalue weighted by Crippen LogP contribution is 2.33. The molecule has 17 heteroatoms. The second-order valence-corrected chi connectivity index (χ2v) is 16.1. The van der Waals surface area contributed by atoms with Crippen molar-refractivity contribution in [2.45, 2.75) is 67.7 Å². The predicted octanol–water partition coefficient (Wildman–Crippen LogP) is 3.20. The van der Waals surface area contributed by atoms with Gasteiger partial charge in [0.15, 0.2) is 0 Å². The number of rotatable bonds is 11. The minimum atomic E-state index is -0.619. The lowest BCUT2D eigenvalue weighted by atomic mass is 9.93. The first kappa shape index (κ1) is 38.9. The van der Waals surface area contributed by atoms with E-state index in [2.05, 4.69) is 35.3 Å². The number of fused-ring (bicyclic) bond motifs is 1. The molecular formula is C38H47F2N7O7S. The third kappa shape index (κ3) is 9.39. The van der Waals surface area contributed by atoms with Gasteiger partial charge in [-0.2, -0.15) is 11.8 Å². The van der Waals surface area contributed by atoms with Crippen molar-refractivity contribution in [3.8, 4) is 5.75 Å². The van der Waals surface area contributed by atoms with Crippen LogP contribution in [0.3, 0.4) is 0 Å². The number of carboxylic acid groups (broad SMARTS) is 1. The summed E-state index contributed by atoms with van der Waals surface area (Å²) in [5, 5.41) is 12.7. The van der Waals surface area contributed by atoms with Crippen LogP contribution in [0.25, 0.3) is 10.9 Å². The van der Waals surface area contributed by atoms with Gasteiger partial charge in [-0.25, -0.2) is 13.8 Å². The van der Waals surface area contributed by atoms with Crippen LogP contribution in [0.15, 0.2) is 35.1 Å².